The van der Waals surface area contributed by atoms with E-state index in [1.165, 1.54) is 36.3 Å². The van der Waals surface area contributed by atoms with E-state index < -0.39 is 58.8 Å². The number of ether oxygens (including phenoxy) is 1. The Labute approximate surface area is 271 Å². The molecule has 46 heavy (non-hydrogen) atoms. The molecule has 0 saturated carbocycles. The van der Waals surface area contributed by atoms with Crippen LogP contribution in [0.15, 0.2) is 89.8 Å². The molecule has 10 nitrogen and oxygen atoms in total. The number of amides is 2. The van der Waals surface area contributed by atoms with Gasteiger partial charge in [-0.3, -0.25) is 14.1 Å². The zero-order valence-corrected chi connectivity index (χ0v) is 27.4. The molecule has 3 aromatic rings. The number of primary amides is 1. The fraction of sp³-hybridized carbons (Fsp3) is 0.412. The van der Waals surface area contributed by atoms with Crippen molar-refractivity contribution in [3.8, 4) is 0 Å². The van der Waals surface area contributed by atoms with Gasteiger partial charge in [0.05, 0.1) is 25.3 Å². The molecule has 12 heteroatoms. The molecule has 0 unspecified atom stereocenters. The van der Waals surface area contributed by atoms with Gasteiger partial charge in [-0.05, 0) is 74.9 Å². The van der Waals surface area contributed by atoms with Gasteiger partial charge in [0.1, 0.15) is 6.04 Å². The lowest BCUT2D eigenvalue weighted by molar-refractivity contribution is -0.125. The van der Waals surface area contributed by atoms with E-state index >= 15 is 0 Å². The number of alkyl halides is 1. The van der Waals surface area contributed by atoms with E-state index in [9.17, 15) is 27.5 Å². The van der Waals surface area contributed by atoms with E-state index in [-0.39, 0.29) is 30.7 Å². The molecule has 0 heterocycles. The van der Waals surface area contributed by atoms with E-state index in [2.05, 4.69) is 0 Å². The van der Waals surface area contributed by atoms with Crippen LogP contribution in [0.5, 0.6) is 0 Å². The summed E-state index contributed by atoms with van der Waals surface area (Å²) in [4.78, 5) is 28.1. The maximum Gasteiger partial charge on any atom is 0.410 e. The van der Waals surface area contributed by atoms with Crippen molar-refractivity contribution in [2.75, 3.05) is 32.7 Å². The molecule has 0 fully saturated rings. The van der Waals surface area contributed by atoms with Gasteiger partial charge in [0.15, 0.2) is 0 Å². The predicted molar refractivity (Wildman–Crippen MR) is 176 cm³/mol. The van der Waals surface area contributed by atoms with Crippen LogP contribution in [-0.2, 0) is 19.6 Å². The van der Waals surface area contributed by atoms with Gasteiger partial charge in [0, 0.05) is 29.7 Å². The zero-order chi connectivity index (χ0) is 33.9. The minimum absolute atomic E-state index is 0.0200. The Bertz CT molecular complexity index is 1470. The Morgan fingerprint density at radius 3 is 1.93 bits per heavy atom. The third kappa shape index (κ3) is 8.83. The van der Waals surface area contributed by atoms with Gasteiger partial charge < -0.3 is 21.3 Å². The minimum Gasteiger partial charge on any atom is -0.453 e. The fourth-order valence-electron chi connectivity index (χ4n) is 5.86. The third-order valence-corrected chi connectivity index (χ3v) is 10.1. The average molecular weight is 657 g/mol. The summed E-state index contributed by atoms with van der Waals surface area (Å²) in [7, 11) is -2.86. The Morgan fingerprint density at radius 1 is 0.935 bits per heavy atom. The maximum absolute atomic E-state index is 13.6. The molecule has 0 aromatic heterocycles. The van der Waals surface area contributed by atoms with Gasteiger partial charge in [-0.1, -0.05) is 60.7 Å². The highest BCUT2D eigenvalue weighted by Crippen LogP contribution is 2.36. The molecule has 0 bridgehead atoms. The molecular formula is C34H45FN4O6S. The second kappa shape index (κ2) is 16.5. The molecule has 5 N–H and O–H groups in total. The van der Waals surface area contributed by atoms with Crippen molar-refractivity contribution in [2.24, 2.45) is 5.73 Å². The number of rotatable bonds is 17. The van der Waals surface area contributed by atoms with E-state index in [4.69, 9.17) is 16.2 Å². The minimum atomic E-state index is -4.09. The third-order valence-electron chi connectivity index (χ3n) is 8.17. The van der Waals surface area contributed by atoms with Crippen LogP contribution in [0.3, 0.4) is 0 Å². The molecule has 0 aliphatic rings. The lowest BCUT2D eigenvalue weighted by Gasteiger charge is -2.44. The number of benzene rings is 3. The van der Waals surface area contributed by atoms with Crippen molar-refractivity contribution in [1.82, 2.24) is 9.21 Å². The topological polar surface area (TPSA) is 156 Å². The molecule has 2 atom stereocenters. The number of carbonyl (C=O) groups excluding carboxylic acids is 2. The summed E-state index contributed by atoms with van der Waals surface area (Å²) >= 11 is 0. The molecule has 3 rings (SSSR count). The number of methoxy groups -OCH3 is 1. The SMILES string of the molecule is COC(=O)N([C@H](C(N)=O)C(c1ccccc1)c1ccccc1)C(C)(C)CCC[C@@H](CO)N(CCCF)S(=O)(=O)c1ccc(N)cc1. The molecule has 3 aromatic carbocycles. The fourth-order valence-corrected chi connectivity index (χ4v) is 7.55. The smallest absolute Gasteiger partial charge is 0.410 e. The van der Waals surface area contributed by atoms with Crippen LogP contribution in [0.4, 0.5) is 14.9 Å². The Hall–Kier alpha value is -4.00. The number of hydrogen-bond donors (Lipinski definition) is 3. The van der Waals surface area contributed by atoms with Crippen LogP contribution >= 0.6 is 0 Å². The number of anilines is 1. The predicted octanol–water partition coefficient (Wildman–Crippen LogP) is 4.68. The highest BCUT2D eigenvalue weighted by atomic mass is 32.2. The second-order valence-corrected chi connectivity index (χ2v) is 13.6. The van der Waals surface area contributed by atoms with E-state index in [0.29, 0.717) is 12.1 Å². The van der Waals surface area contributed by atoms with Crippen molar-refractivity contribution in [2.45, 2.75) is 68.0 Å². The first kappa shape index (κ1) is 36.5. The molecule has 2 amide bonds. The van der Waals surface area contributed by atoms with Crippen LogP contribution in [0, 0.1) is 0 Å². The van der Waals surface area contributed by atoms with Gasteiger partial charge in [0.25, 0.3) is 0 Å². The number of carbonyl (C=O) groups is 2. The summed E-state index contributed by atoms with van der Waals surface area (Å²) in [5.74, 6) is -1.35. The largest absolute Gasteiger partial charge is 0.453 e. The standard InChI is InChI=1S/C34H45FN4O6S/c1-34(2,21-10-16-28(24-40)38(23-11-22-35)46(43,44)29-19-17-27(36)18-20-29)39(33(42)45-3)31(32(37)41)30(25-12-6-4-7-13-25)26-14-8-5-9-15-26/h4-9,12-15,17-20,28,30-31,40H,10-11,16,21-24,36H2,1-3H3,(H2,37,41)/t28-,31-/m0/s1. The Morgan fingerprint density at radius 2 is 1.48 bits per heavy atom. The quantitative estimate of drug-likeness (QED) is 0.178. The van der Waals surface area contributed by atoms with Gasteiger partial charge in [-0.25, -0.2) is 13.2 Å². The summed E-state index contributed by atoms with van der Waals surface area (Å²) in [6, 6.07) is 22.2. The highest BCUT2D eigenvalue weighted by molar-refractivity contribution is 7.89. The molecule has 0 radical (unpaired) electrons. The van der Waals surface area contributed by atoms with Crippen LogP contribution in [0.2, 0.25) is 0 Å². The van der Waals surface area contributed by atoms with Crippen LogP contribution in [0.25, 0.3) is 0 Å². The normalized spacial score (nSPS) is 13.4. The summed E-state index contributed by atoms with van der Waals surface area (Å²) in [6.07, 6.45) is 0.0176. The number of nitrogens with zero attached hydrogens (tertiary/aromatic N) is 2. The average Bonchev–Trinajstić information content (AvgIpc) is 3.04. The first-order chi connectivity index (χ1) is 21.9. The van der Waals surface area contributed by atoms with Gasteiger partial charge in [-0.2, -0.15) is 4.31 Å². The van der Waals surface area contributed by atoms with Gasteiger partial charge >= 0.3 is 6.09 Å². The van der Waals surface area contributed by atoms with Crippen molar-refractivity contribution in [3.63, 3.8) is 0 Å². The molecule has 0 aliphatic carbocycles. The van der Waals surface area contributed by atoms with E-state index in [0.717, 1.165) is 15.4 Å². The van der Waals surface area contributed by atoms with E-state index in [1.807, 2.05) is 60.7 Å². The van der Waals surface area contributed by atoms with Crippen molar-refractivity contribution >= 4 is 27.7 Å². The number of halogens is 1. The maximum atomic E-state index is 13.6. The molecule has 0 aliphatic heterocycles. The number of nitrogen functional groups attached to an aromatic ring is 1. The lowest BCUT2D eigenvalue weighted by atomic mass is 9.81. The van der Waals surface area contributed by atoms with Crippen molar-refractivity contribution in [1.29, 1.82) is 0 Å². The summed E-state index contributed by atoms with van der Waals surface area (Å²) in [5.41, 5.74) is 12.7. The first-order valence-electron chi connectivity index (χ1n) is 15.2. The van der Waals surface area contributed by atoms with Crippen LogP contribution < -0.4 is 11.5 Å². The van der Waals surface area contributed by atoms with E-state index in [1.54, 1.807) is 13.8 Å². The number of sulfonamides is 1. The number of hydrogen-bond acceptors (Lipinski definition) is 7. The summed E-state index contributed by atoms with van der Waals surface area (Å²) < 4.78 is 46.7. The van der Waals surface area contributed by atoms with Crippen molar-refractivity contribution in [3.05, 3.63) is 96.1 Å². The van der Waals surface area contributed by atoms with Crippen LogP contribution in [-0.4, -0.2) is 79.3 Å². The number of aliphatic hydroxyl groups excluding tert-OH is 1. The molecule has 0 spiro atoms. The Balaban J connectivity index is 1.94. The highest BCUT2D eigenvalue weighted by Gasteiger charge is 2.45. The van der Waals surface area contributed by atoms with Crippen LogP contribution in [0.1, 0.15) is 56.6 Å². The molecular weight excluding hydrogens is 611 g/mol. The summed E-state index contributed by atoms with van der Waals surface area (Å²) in [5, 5.41) is 10.3. The number of nitrogens with two attached hydrogens (primary N) is 2. The monoisotopic (exact) mass is 656 g/mol. The molecule has 0 saturated heterocycles. The number of aliphatic hydroxyl groups is 1. The first-order valence-corrected chi connectivity index (χ1v) is 16.6. The molecule has 250 valence electrons. The Kier molecular flexibility index (Phi) is 13.1. The van der Waals surface area contributed by atoms with Gasteiger partial charge in [-0.15, -0.1) is 0 Å². The second-order valence-electron chi connectivity index (χ2n) is 11.8. The zero-order valence-electron chi connectivity index (χ0n) is 26.6. The van der Waals surface area contributed by atoms with Crippen molar-refractivity contribution < 1.29 is 32.2 Å². The lowest BCUT2D eigenvalue weighted by Crippen LogP contribution is -2.59. The summed E-state index contributed by atoms with van der Waals surface area (Å²) in [6.45, 7) is 2.20. The van der Waals surface area contributed by atoms with Gasteiger partial charge in [0.2, 0.25) is 15.9 Å².